The molecular formula is C35H46N6O7. The Hall–Kier alpha value is -4.46. The van der Waals surface area contributed by atoms with Crippen LogP contribution in [-0.4, -0.2) is 95.7 Å². The first-order chi connectivity index (χ1) is 23.0. The molecule has 2 fully saturated rings. The van der Waals surface area contributed by atoms with Crippen molar-refractivity contribution in [3.05, 3.63) is 83.5 Å². The molecular weight excluding hydrogens is 616 g/mol. The molecule has 13 nitrogen and oxygen atoms in total. The van der Waals surface area contributed by atoms with Crippen molar-refractivity contribution in [3.8, 4) is 0 Å². The largest absolute Gasteiger partial charge is 0.379 e. The van der Waals surface area contributed by atoms with Gasteiger partial charge in [0.25, 0.3) is 5.91 Å². The number of carbonyl (C=O) groups excluding carboxylic acids is 4. The molecule has 13 heteroatoms. The molecule has 3 N–H and O–H groups in total. The summed E-state index contributed by atoms with van der Waals surface area (Å²) in [6.45, 7) is 10.9. The van der Waals surface area contributed by atoms with Crippen LogP contribution in [0.2, 0.25) is 0 Å². The number of carbonyl (C=O) groups is 4. The predicted octanol–water partition coefficient (Wildman–Crippen LogP) is 2.24. The van der Waals surface area contributed by atoms with Crippen molar-refractivity contribution in [1.29, 1.82) is 0 Å². The van der Waals surface area contributed by atoms with Crippen molar-refractivity contribution >= 4 is 23.5 Å². The Kier molecular flexibility index (Phi) is 13.4. The zero-order chi connectivity index (χ0) is 34.5. The van der Waals surface area contributed by atoms with Gasteiger partial charge in [-0.1, -0.05) is 61.0 Å². The SMILES string of the molecule is CC(C)C[C@H](NC(=O)CNC(=O)[C@H](Cc1ccccn1)NC(=O)c1cc(CN2CCOCC2)on1)C(=O)[C@@]1(C)CO1.Cc1ccccc1. The first kappa shape index (κ1) is 36.4. The van der Waals surface area contributed by atoms with Crippen molar-refractivity contribution in [2.75, 3.05) is 39.5 Å². The van der Waals surface area contributed by atoms with Gasteiger partial charge in [0.15, 0.2) is 17.2 Å². The van der Waals surface area contributed by atoms with Crippen LogP contribution in [0.1, 0.15) is 54.7 Å². The van der Waals surface area contributed by atoms with E-state index in [2.05, 4.69) is 50.0 Å². The number of rotatable bonds is 14. The molecule has 1 aromatic carbocycles. The van der Waals surface area contributed by atoms with Crippen LogP contribution in [0.25, 0.3) is 0 Å². The summed E-state index contributed by atoms with van der Waals surface area (Å²) in [6, 6.07) is 15.3. The summed E-state index contributed by atoms with van der Waals surface area (Å²) >= 11 is 0. The molecule has 0 aliphatic carbocycles. The highest BCUT2D eigenvalue weighted by molar-refractivity contribution is 5.98. The van der Waals surface area contributed by atoms with Gasteiger partial charge in [-0.05, 0) is 38.3 Å². The second-order valence-electron chi connectivity index (χ2n) is 12.6. The van der Waals surface area contributed by atoms with E-state index in [4.69, 9.17) is 14.0 Å². The summed E-state index contributed by atoms with van der Waals surface area (Å²) in [7, 11) is 0. The summed E-state index contributed by atoms with van der Waals surface area (Å²) in [5, 5.41) is 11.9. The summed E-state index contributed by atoms with van der Waals surface area (Å²) in [5.74, 6) is -1.20. The number of nitrogens with zero attached hydrogens (tertiary/aromatic N) is 3. The maximum Gasteiger partial charge on any atom is 0.274 e. The molecule has 3 atom stereocenters. The normalized spacial score (nSPS) is 18.5. The highest BCUT2D eigenvalue weighted by atomic mass is 16.6. The van der Waals surface area contributed by atoms with E-state index in [0.29, 0.717) is 44.2 Å². The number of hydrogen-bond acceptors (Lipinski definition) is 10. The number of nitrogens with one attached hydrogen (secondary N) is 3. The molecule has 2 aliphatic heterocycles. The Morgan fingerprint density at radius 1 is 0.979 bits per heavy atom. The average Bonchev–Trinajstić information content (AvgIpc) is 3.66. The number of pyridine rings is 1. The van der Waals surface area contributed by atoms with E-state index in [1.807, 2.05) is 32.0 Å². The van der Waals surface area contributed by atoms with Crippen LogP contribution < -0.4 is 16.0 Å². The fourth-order valence-corrected chi connectivity index (χ4v) is 5.04. The number of amides is 3. The molecule has 2 aliphatic rings. The van der Waals surface area contributed by atoms with Gasteiger partial charge in [0.2, 0.25) is 11.8 Å². The summed E-state index contributed by atoms with van der Waals surface area (Å²) in [6.07, 6.45) is 2.12. The third kappa shape index (κ3) is 11.7. The maximum atomic E-state index is 13.2. The molecule has 0 radical (unpaired) electrons. The molecule has 3 aromatic rings. The van der Waals surface area contributed by atoms with Crippen LogP contribution in [0.4, 0.5) is 0 Å². The van der Waals surface area contributed by atoms with Gasteiger partial charge in [0.05, 0.1) is 39.0 Å². The first-order valence-corrected chi connectivity index (χ1v) is 16.3. The van der Waals surface area contributed by atoms with Crippen molar-refractivity contribution in [2.24, 2.45) is 5.92 Å². The van der Waals surface area contributed by atoms with Crippen molar-refractivity contribution < 1.29 is 33.2 Å². The van der Waals surface area contributed by atoms with E-state index in [1.165, 1.54) is 5.56 Å². The summed E-state index contributed by atoms with van der Waals surface area (Å²) in [4.78, 5) is 58.1. The minimum absolute atomic E-state index is 0.0376. The molecule has 2 aromatic heterocycles. The molecule has 3 amide bonds. The number of aryl methyl sites for hydroxylation is 1. The van der Waals surface area contributed by atoms with Crippen LogP contribution in [0, 0.1) is 12.8 Å². The lowest BCUT2D eigenvalue weighted by atomic mass is 9.93. The Morgan fingerprint density at radius 2 is 1.69 bits per heavy atom. The van der Waals surface area contributed by atoms with E-state index in [1.54, 1.807) is 37.4 Å². The average molecular weight is 663 g/mol. The Labute approximate surface area is 281 Å². The predicted molar refractivity (Wildman–Crippen MR) is 177 cm³/mol. The zero-order valence-corrected chi connectivity index (χ0v) is 28.1. The molecule has 48 heavy (non-hydrogen) atoms. The van der Waals surface area contributed by atoms with Gasteiger partial charge in [0, 0.05) is 37.5 Å². The minimum Gasteiger partial charge on any atom is -0.379 e. The highest BCUT2D eigenvalue weighted by Gasteiger charge is 2.50. The van der Waals surface area contributed by atoms with Gasteiger partial charge in [-0.2, -0.15) is 0 Å². The smallest absolute Gasteiger partial charge is 0.274 e. The summed E-state index contributed by atoms with van der Waals surface area (Å²) in [5.41, 5.74) is 1.06. The minimum atomic E-state index is -1.04. The van der Waals surface area contributed by atoms with Gasteiger partial charge in [-0.25, -0.2) is 0 Å². The van der Waals surface area contributed by atoms with Gasteiger partial charge in [0.1, 0.15) is 11.6 Å². The van der Waals surface area contributed by atoms with Crippen LogP contribution in [-0.2, 0) is 36.8 Å². The molecule has 0 bridgehead atoms. The topological polar surface area (TPSA) is 168 Å². The van der Waals surface area contributed by atoms with Crippen molar-refractivity contribution in [2.45, 2.75) is 64.8 Å². The first-order valence-electron chi connectivity index (χ1n) is 16.3. The lowest BCUT2D eigenvalue weighted by Crippen LogP contribution is -2.52. The van der Waals surface area contributed by atoms with Crippen molar-refractivity contribution in [3.63, 3.8) is 0 Å². The Balaban J connectivity index is 0.000000659. The van der Waals surface area contributed by atoms with Gasteiger partial charge in [-0.15, -0.1) is 0 Å². The van der Waals surface area contributed by atoms with E-state index in [9.17, 15) is 19.2 Å². The number of benzene rings is 1. The van der Waals surface area contributed by atoms with Crippen LogP contribution >= 0.6 is 0 Å². The van der Waals surface area contributed by atoms with E-state index < -0.39 is 35.4 Å². The van der Waals surface area contributed by atoms with E-state index >= 15 is 0 Å². The zero-order valence-electron chi connectivity index (χ0n) is 28.1. The fourth-order valence-electron chi connectivity index (χ4n) is 5.04. The molecule has 5 rings (SSSR count). The number of epoxide rings is 1. The third-order valence-electron chi connectivity index (χ3n) is 7.86. The van der Waals surface area contributed by atoms with Gasteiger partial charge < -0.3 is 29.9 Å². The second-order valence-corrected chi connectivity index (χ2v) is 12.6. The number of ketones is 1. The molecule has 0 unspecified atom stereocenters. The molecule has 0 saturated carbocycles. The summed E-state index contributed by atoms with van der Waals surface area (Å²) < 4.78 is 16.0. The number of Topliss-reactive ketones (excluding diaryl/α,β-unsaturated/α-hetero) is 1. The van der Waals surface area contributed by atoms with Gasteiger partial charge in [-0.3, -0.25) is 29.1 Å². The number of ether oxygens (including phenoxy) is 2. The van der Waals surface area contributed by atoms with Gasteiger partial charge >= 0.3 is 0 Å². The lowest BCUT2D eigenvalue weighted by molar-refractivity contribution is -0.131. The Bertz CT molecular complexity index is 1490. The number of aromatic nitrogens is 2. The molecule has 258 valence electrons. The third-order valence-corrected chi connectivity index (χ3v) is 7.86. The molecule has 2 saturated heterocycles. The quantitative estimate of drug-likeness (QED) is 0.218. The maximum absolute atomic E-state index is 13.2. The molecule has 0 spiro atoms. The standard InChI is InChI=1S/C28H38N6O7.C7H8/c1-18(2)12-21(25(36)28(3)17-40-28)31-24(35)15-30-26(37)22(13-19-6-4-5-7-29-19)32-27(38)23-14-20(41-33-23)16-34-8-10-39-11-9-34;1-7-5-3-2-4-6-7/h4-7,14,18,21-22H,8-13,15-17H2,1-3H3,(H,30,37)(H,31,35)(H,32,38);2-6H,1H3/t21-,22-,28+;/m0./s1. The lowest BCUT2D eigenvalue weighted by Gasteiger charge is -2.25. The Morgan fingerprint density at radius 3 is 2.29 bits per heavy atom. The van der Waals surface area contributed by atoms with E-state index in [0.717, 1.165) is 13.1 Å². The van der Waals surface area contributed by atoms with Crippen LogP contribution in [0.5, 0.6) is 0 Å². The number of hydrogen-bond donors (Lipinski definition) is 3. The van der Waals surface area contributed by atoms with Crippen LogP contribution in [0.15, 0.2) is 65.3 Å². The van der Waals surface area contributed by atoms with E-state index in [-0.39, 0.29) is 30.4 Å². The van der Waals surface area contributed by atoms with Crippen LogP contribution in [0.3, 0.4) is 0 Å². The second kappa shape index (κ2) is 17.6. The number of morpholine rings is 1. The monoisotopic (exact) mass is 662 g/mol. The fraction of sp³-hybridized carbons (Fsp3) is 0.486. The highest BCUT2D eigenvalue weighted by Crippen LogP contribution is 2.29. The van der Waals surface area contributed by atoms with Crippen molar-refractivity contribution in [1.82, 2.24) is 31.0 Å². The molecule has 4 heterocycles.